The number of nitrogens with zero attached hydrogens (tertiary/aromatic N) is 5. The van der Waals surface area contributed by atoms with Gasteiger partial charge in [-0.05, 0) is 55.4 Å². The van der Waals surface area contributed by atoms with Crippen LogP contribution in [0, 0.1) is 11.3 Å². The molecule has 3 fully saturated rings. The molecule has 2 aromatic heterocycles. The lowest BCUT2D eigenvalue weighted by Crippen LogP contribution is -2.51. The van der Waals surface area contributed by atoms with Crippen LogP contribution in [0.25, 0.3) is 16.7 Å². The van der Waals surface area contributed by atoms with Gasteiger partial charge in [-0.3, -0.25) is 23.6 Å². The van der Waals surface area contributed by atoms with Crippen molar-refractivity contribution in [3.8, 4) is 5.69 Å². The first-order valence-electron chi connectivity index (χ1n) is 14.9. The molecule has 0 unspecified atom stereocenters. The zero-order valence-electron chi connectivity index (χ0n) is 24.7. The van der Waals surface area contributed by atoms with E-state index in [0.29, 0.717) is 60.3 Å². The standard InChI is InChI=1S/C31H38ClN5O6/c1-4-22-15-36(29(40)41)24(16-43-22)20-5-7-21(8-6-20)37-25(32)13-23-26(37)33-18-35(27(23)38)17-31(42)9-11-34(12-10-31)28(39)30(3)14-19(30)2/h5-8,13,18-19,22,24,42H,4,9-12,14-17H2,1-3H3,(H,40,41)/t19-,22+,24+,30-/m1/s1. The van der Waals surface area contributed by atoms with E-state index in [-0.39, 0.29) is 36.1 Å². The van der Waals surface area contributed by atoms with E-state index in [1.54, 1.807) is 10.6 Å². The molecule has 1 saturated carbocycles. The largest absolute Gasteiger partial charge is 0.465 e. The Morgan fingerprint density at radius 1 is 1.19 bits per heavy atom. The Morgan fingerprint density at radius 3 is 2.47 bits per heavy atom. The maximum Gasteiger partial charge on any atom is 0.407 e. The van der Waals surface area contributed by atoms with Crippen LogP contribution in [0.5, 0.6) is 0 Å². The maximum absolute atomic E-state index is 13.5. The molecule has 2 aliphatic heterocycles. The Bertz CT molecular complexity index is 1610. The average molecular weight is 612 g/mol. The van der Waals surface area contributed by atoms with E-state index >= 15 is 0 Å². The number of morpholine rings is 1. The predicted molar refractivity (Wildman–Crippen MR) is 160 cm³/mol. The van der Waals surface area contributed by atoms with E-state index < -0.39 is 17.7 Å². The molecule has 0 bridgehead atoms. The second kappa shape index (κ2) is 10.9. The van der Waals surface area contributed by atoms with Crippen molar-refractivity contribution in [2.24, 2.45) is 11.3 Å². The Balaban J connectivity index is 1.19. The predicted octanol–water partition coefficient (Wildman–Crippen LogP) is 4.07. The summed E-state index contributed by atoms with van der Waals surface area (Å²) in [6, 6.07) is 8.47. The molecule has 4 heterocycles. The highest BCUT2D eigenvalue weighted by Gasteiger charge is 2.55. The summed E-state index contributed by atoms with van der Waals surface area (Å²) < 4.78 is 8.95. The van der Waals surface area contributed by atoms with E-state index in [1.807, 2.05) is 43.0 Å². The first-order chi connectivity index (χ1) is 20.4. The SMILES string of the molecule is CC[C@H]1CN(C(=O)O)[C@H](c2ccc(-n3c(Cl)cc4c(=O)n(CC5(O)CCN(C(=O)[C@]6(C)C[C@H]6C)CC5)cnc43)cc2)CO1. The molecule has 2 amide bonds. The summed E-state index contributed by atoms with van der Waals surface area (Å²) in [5.41, 5.74) is 0.138. The van der Waals surface area contributed by atoms with Crippen LogP contribution in [0.4, 0.5) is 4.79 Å². The van der Waals surface area contributed by atoms with Crippen molar-refractivity contribution in [2.45, 2.75) is 70.7 Å². The molecule has 1 aromatic carbocycles. The zero-order valence-corrected chi connectivity index (χ0v) is 25.5. The van der Waals surface area contributed by atoms with Crippen molar-refractivity contribution in [3.05, 3.63) is 57.7 Å². The number of ether oxygens (including phenoxy) is 1. The number of carboxylic acid groups (broad SMARTS) is 1. The molecule has 0 radical (unpaired) electrons. The van der Waals surface area contributed by atoms with Gasteiger partial charge in [0.2, 0.25) is 5.91 Å². The van der Waals surface area contributed by atoms with Crippen LogP contribution in [-0.4, -0.2) is 84.1 Å². The van der Waals surface area contributed by atoms with Crippen molar-refractivity contribution >= 4 is 34.6 Å². The second-order valence-corrected chi connectivity index (χ2v) is 13.0. The van der Waals surface area contributed by atoms with Gasteiger partial charge in [0.25, 0.3) is 5.56 Å². The van der Waals surface area contributed by atoms with E-state index in [2.05, 4.69) is 11.9 Å². The van der Waals surface area contributed by atoms with Crippen LogP contribution in [0.15, 0.2) is 41.5 Å². The first-order valence-corrected chi connectivity index (χ1v) is 15.3. The summed E-state index contributed by atoms with van der Waals surface area (Å²) in [6.07, 6.45) is 2.73. The van der Waals surface area contributed by atoms with Crippen LogP contribution in [0.2, 0.25) is 5.15 Å². The number of hydrogen-bond acceptors (Lipinski definition) is 6. The van der Waals surface area contributed by atoms with E-state index in [9.17, 15) is 24.6 Å². The van der Waals surface area contributed by atoms with Crippen molar-refractivity contribution in [1.29, 1.82) is 0 Å². The average Bonchev–Trinajstić information content (AvgIpc) is 3.47. The normalized spacial score (nSPS) is 27.0. The Morgan fingerprint density at radius 2 is 1.86 bits per heavy atom. The number of halogens is 1. The molecule has 4 atom stereocenters. The van der Waals surface area contributed by atoms with Gasteiger partial charge in [0.05, 0.1) is 42.8 Å². The van der Waals surface area contributed by atoms with Gasteiger partial charge < -0.3 is 19.8 Å². The summed E-state index contributed by atoms with van der Waals surface area (Å²) in [5, 5.41) is 21.7. The fraction of sp³-hybridized carbons (Fsp3) is 0.548. The molecule has 12 heteroatoms. The van der Waals surface area contributed by atoms with Crippen LogP contribution >= 0.6 is 11.6 Å². The maximum atomic E-state index is 13.5. The molecule has 3 aliphatic rings. The number of piperidine rings is 1. The number of aliphatic hydroxyl groups is 1. The van der Waals surface area contributed by atoms with Gasteiger partial charge in [-0.25, -0.2) is 9.78 Å². The van der Waals surface area contributed by atoms with Gasteiger partial charge in [0.15, 0.2) is 5.65 Å². The highest BCUT2D eigenvalue weighted by molar-refractivity contribution is 6.31. The fourth-order valence-electron chi connectivity index (χ4n) is 6.58. The van der Waals surface area contributed by atoms with Gasteiger partial charge in [0, 0.05) is 24.2 Å². The minimum absolute atomic E-state index is 0.0738. The number of carbonyl (C=O) groups excluding carboxylic acids is 1. The number of hydrogen-bond donors (Lipinski definition) is 2. The number of amides is 2. The van der Waals surface area contributed by atoms with Gasteiger partial charge in [0.1, 0.15) is 11.5 Å². The van der Waals surface area contributed by atoms with Gasteiger partial charge in [-0.15, -0.1) is 0 Å². The van der Waals surface area contributed by atoms with Crippen LogP contribution in [0.3, 0.4) is 0 Å². The van der Waals surface area contributed by atoms with Crippen LogP contribution in [0.1, 0.15) is 58.1 Å². The number of rotatable bonds is 6. The Labute approximate surface area is 254 Å². The van der Waals surface area contributed by atoms with E-state index in [0.717, 1.165) is 18.4 Å². The Kier molecular flexibility index (Phi) is 7.55. The minimum atomic E-state index is -1.13. The summed E-state index contributed by atoms with van der Waals surface area (Å²) in [7, 11) is 0. The van der Waals surface area contributed by atoms with E-state index in [4.69, 9.17) is 16.3 Å². The van der Waals surface area contributed by atoms with Gasteiger partial charge >= 0.3 is 6.09 Å². The summed E-state index contributed by atoms with van der Waals surface area (Å²) in [4.78, 5) is 46.1. The third kappa shape index (κ3) is 5.32. The summed E-state index contributed by atoms with van der Waals surface area (Å²) in [6.45, 7) is 7.64. The lowest BCUT2D eigenvalue weighted by molar-refractivity contribution is -0.141. The zero-order chi connectivity index (χ0) is 30.7. The van der Waals surface area contributed by atoms with Crippen LogP contribution < -0.4 is 5.56 Å². The second-order valence-electron chi connectivity index (χ2n) is 12.7. The highest BCUT2D eigenvalue weighted by Crippen LogP contribution is 2.53. The van der Waals surface area contributed by atoms with Crippen molar-refractivity contribution in [3.63, 3.8) is 0 Å². The number of fused-ring (bicyclic) bond motifs is 1. The quantitative estimate of drug-likeness (QED) is 0.430. The molecule has 43 heavy (non-hydrogen) atoms. The summed E-state index contributed by atoms with van der Waals surface area (Å²) >= 11 is 6.61. The fourth-order valence-corrected chi connectivity index (χ4v) is 6.87. The molecular weight excluding hydrogens is 574 g/mol. The molecule has 6 rings (SSSR count). The molecule has 11 nitrogen and oxygen atoms in total. The molecular formula is C31H38ClN5O6. The highest BCUT2D eigenvalue weighted by atomic mass is 35.5. The molecule has 230 valence electrons. The lowest BCUT2D eigenvalue weighted by atomic mass is 9.90. The van der Waals surface area contributed by atoms with Crippen molar-refractivity contribution < 1.29 is 24.5 Å². The molecule has 2 N–H and O–H groups in total. The lowest BCUT2D eigenvalue weighted by Gasteiger charge is -2.39. The Hall–Kier alpha value is -3.41. The first kappa shape index (κ1) is 29.7. The monoisotopic (exact) mass is 611 g/mol. The molecule has 2 saturated heterocycles. The smallest absolute Gasteiger partial charge is 0.407 e. The number of aromatic nitrogens is 3. The van der Waals surface area contributed by atoms with Crippen molar-refractivity contribution in [1.82, 2.24) is 23.9 Å². The number of benzene rings is 1. The van der Waals surface area contributed by atoms with Gasteiger partial charge in [-0.1, -0.05) is 44.5 Å². The van der Waals surface area contributed by atoms with E-state index in [1.165, 1.54) is 15.8 Å². The molecule has 0 spiro atoms. The third-order valence-electron chi connectivity index (χ3n) is 9.84. The van der Waals surface area contributed by atoms with Gasteiger partial charge in [-0.2, -0.15) is 0 Å². The third-order valence-corrected chi connectivity index (χ3v) is 10.1. The van der Waals surface area contributed by atoms with Crippen LogP contribution in [-0.2, 0) is 16.1 Å². The molecule has 1 aliphatic carbocycles. The minimum Gasteiger partial charge on any atom is -0.465 e. The molecule has 3 aromatic rings. The summed E-state index contributed by atoms with van der Waals surface area (Å²) in [5.74, 6) is 0.541. The number of carbonyl (C=O) groups is 2. The topological polar surface area (TPSA) is 130 Å². The number of likely N-dealkylation sites (tertiary alicyclic amines) is 1. The van der Waals surface area contributed by atoms with Crippen molar-refractivity contribution in [2.75, 3.05) is 26.2 Å².